The number of phosphoric ester groups is 1. The molecule has 0 fully saturated rings. The summed E-state index contributed by atoms with van der Waals surface area (Å²) in [5, 5.41) is 7.76. The predicted molar refractivity (Wildman–Crippen MR) is 126 cm³/mol. The third kappa shape index (κ3) is 288. The minimum atomic E-state index is -5.24. The molecule has 1 unspecified atom stereocenters. The van der Waals surface area contributed by atoms with Crippen LogP contribution in [0.1, 0.15) is 0 Å². The van der Waals surface area contributed by atoms with Crippen molar-refractivity contribution >= 4 is 80.9 Å². The van der Waals surface area contributed by atoms with E-state index in [9.17, 15) is 13.9 Å². The van der Waals surface area contributed by atoms with Crippen molar-refractivity contribution in [3.05, 3.63) is 0 Å². The van der Waals surface area contributed by atoms with Gasteiger partial charge in [-0.3, -0.25) is 4.89 Å². The third-order valence-corrected chi connectivity index (χ3v) is 2.47. The Morgan fingerprint density at radius 2 is 0.583 bits per heavy atom. The van der Waals surface area contributed by atoms with E-state index in [-0.39, 0.29) is 180 Å². The number of phosphoric acid groups is 2. The molecule has 0 aromatic heterocycles. The molecule has 0 bridgehead atoms. The van der Waals surface area contributed by atoms with Crippen LogP contribution in [0.5, 0.6) is 0 Å². The first-order valence-electron chi connectivity index (χ1n) is 2.14. The molecule has 0 aliphatic carbocycles. The first kappa shape index (κ1) is 342. The Balaban J connectivity index is -0.00000000219. The van der Waals surface area contributed by atoms with E-state index in [1.807, 2.05) is 0 Å². The van der Waals surface area contributed by atoms with E-state index in [1.54, 1.807) is 0 Å². The van der Waals surface area contributed by atoms with Crippen molar-refractivity contribution in [2.75, 3.05) is 0 Å². The fraction of sp³-hybridized carbons (Fsp3) is 0. The van der Waals surface area contributed by atoms with Crippen molar-refractivity contribution in [2.45, 2.75) is 0 Å². The van der Waals surface area contributed by atoms with Gasteiger partial charge in [0.15, 0.2) is 0 Å². The molecular weight excluding hydrogens is 616 g/mol. The second-order valence-electron chi connectivity index (χ2n) is 1.40. The molecule has 1 atom stereocenters. The van der Waals surface area contributed by atoms with Gasteiger partial charge in [0, 0.05) is 0 Å². The van der Waals surface area contributed by atoms with Gasteiger partial charge in [0.25, 0.3) is 0 Å². The zero-order valence-corrected chi connectivity index (χ0v) is 18.0. The van der Waals surface area contributed by atoms with Crippen LogP contribution in [0, 0.1) is 0 Å². The summed E-state index contributed by atoms with van der Waals surface area (Å²) in [5.41, 5.74) is 0. The molecule has 35 heteroatoms. The molecule has 0 aromatic rings. The van der Waals surface area contributed by atoms with Gasteiger partial charge in [0.2, 0.25) is 0 Å². The van der Waals surface area contributed by atoms with Gasteiger partial charge >= 0.3 is 80.9 Å². The quantitative estimate of drug-likeness (QED) is 0.164. The average Bonchev–Trinajstić information content (AvgIpc) is 1.48. The molecule has 0 saturated heterocycles. The predicted octanol–water partition coefficient (Wildman–Crippen LogP) is -19.5. The summed E-state index contributed by atoms with van der Waals surface area (Å²) in [5.74, 6) is 0. The van der Waals surface area contributed by atoms with Crippen LogP contribution in [-0.2, 0) is 18.0 Å². The van der Waals surface area contributed by atoms with E-state index in [4.69, 9.17) is 19.8 Å². The Kier molecular flexibility index (Phi) is 1300. The van der Waals surface area contributed by atoms with Crippen molar-refractivity contribution in [2.24, 2.45) is 0 Å². The van der Waals surface area contributed by atoms with Crippen molar-refractivity contribution in [3.63, 3.8) is 0 Å². The zero-order valence-electron chi connectivity index (χ0n) is 16.2. The first-order chi connectivity index (χ1) is 5.12. The molecule has 0 aromatic carbocycles. The molecule has 0 heterocycles. The molecule has 36 heavy (non-hydrogen) atoms. The number of hydrogen-bond donors (Lipinski definition) is 4. The van der Waals surface area contributed by atoms with Crippen molar-refractivity contribution in [1.29, 1.82) is 0 Å². The molecule has 31 nitrogen and oxygen atoms in total. The molecule has 0 rings (SSSR count). The number of carboxylic acid groups (broad SMARTS) is 1. The van der Waals surface area contributed by atoms with Gasteiger partial charge in [-0.25, -0.2) is 13.9 Å². The van der Waals surface area contributed by atoms with Crippen LogP contribution in [0.3, 0.4) is 0 Å². The van der Waals surface area contributed by atoms with Crippen LogP contribution < -0.4 is 0 Å². The van der Waals surface area contributed by atoms with Crippen molar-refractivity contribution in [3.8, 4) is 0 Å². The SMILES string of the molecule is O.O.O.O.O.O.O.O.O.O.O.O.O.O.O.O.O.O.O.O.O.O.O=C(O)OP(=O)(O)OP(=O)(O)O.[NaH].[NaH]. The van der Waals surface area contributed by atoms with Crippen LogP contribution in [0.25, 0.3) is 0 Å². The summed E-state index contributed by atoms with van der Waals surface area (Å²) in [4.78, 5) is 33.8. The summed E-state index contributed by atoms with van der Waals surface area (Å²) in [6, 6.07) is 0. The molecule has 0 aliphatic heterocycles. The third-order valence-electron chi connectivity index (χ3n) is 0.403. The van der Waals surface area contributed by atoms with E-state index in [0.29, 0.717) is 0 Å². The van der Waals surface area contributed by atoms with E-state index >= 15 is 0 Å². The second-order valence-corrected chi connectivity index (χ2v) is 4.15. The summed E-state index contributed by atoms with van der Waals surface area (Å²) < 4.78 is 26.4. The second kappa shape index (κ2) is 137. The molecule has 0 aliphatic rings. The number of rotatable bonds is 3. The molecule has 48 N–H and O–H groups in total. The van der Waals surface area contributed by atoms with Crippen molar-refractivity contribution < 1.29 is 163 Å². The minimum absolute atomic E-state index is 0. The van der Waals surface area contributed by atoms with Gasteiger partial charge in [0.05, 0.1) is 0 Å². The summed E-state index contributed by atoms with van der Waals surface area (Å²) in [6.07, 6.45) is -2.19. The number of hydrogen-bond acceptors (Lipinski definition) is 5. The standard InChI is InChI=1S/CH4O9P2.2Na.22H2O.2H/c2-1(3)9-12(7,8)10-11(4,5)6;;;;;;;;;;;;;;;;;;;;;;;;;;/h(H,2,3)(H,7,8)(H2,4,5,6);;;22*1H2;;. The Morgan fingerprint density at radius 3 is 0.667 bits per heavy atom. The molecular formula is CH50Na2O31P2. The molecule has 0 radical (unpaired) electrons. The van der Waals surface area contributed by atoms with Crippen molar-refractivity contribution in [1.82, 2.24) is 0 Å². The van der Waals surface area contributed by atoms with Gasteiger partial charge < -0.3 is 140 Å². The topological polar surface area (TPSA) is 844 Å². The normalized spacial score (nSPS) is 5.53. The van der Waals surface area contributed by atoms with Crippen LogP contribution in [-0.4, -0.2) is 206 Å². The van der Waals surface area contributed by atoms with Gasteiger partial charge in [0.1, 0.15) is 0 Å². The average molecular weight is 666 g/mol. The Labute approximate surface area is 243 Å². The summed E-state index contributed by atoms with van der Waals surface area (Å²) >= 11 is 0. The van der Waals surface area contributed by atoms with E-state index in [1.165, 1.54) is 0 Å². The summed E-state index contributed by atoms with van der Waals surface area (Å²) in [7, 11) is -10.5. The van der Waals surface area contributed by atoms with Gasteiger partial charge in [-0.15, -0.1) is 0 Å². The van der Waals surface area contributed by atoms with Crippen LogP contribution >= 0.6 is 15.6 Å². The maximum atomic E-state index is 10.3. The van der Waals surface area contributed by atoms with Crippen LogP contribution in [0.15, 0.2) is 0 Å². The maximum absolute atomic E-state index is 10.3. The van der Waals surface area contributed by atoms with Gasteiger partial charge in [-0.05, 0) is 0 Å². The fourth-order valence-corrected chi connectivity index (χ4v) is 1.66. The molecule has 252 valence electrons. The van der Waals surface area contributed by atoms with E-state index in [0.717, 1.165) is 0 Å². The Morgan fingerprint density at radius 1 is 0.444 bits per heavy atom. The molecule has 0 amide bonds. The van der Waals surface area contributed by atoms with Gasteiger partial charge in [-0.2, -0.15) is 4.31 Å². The zero-order chi connectivity index (χ0) is 9.99. The van der Waals surface area contributed by atoms with Crippen LogP contribution in [0.4, 0.5) is 4.79 Å². The fourth-order valence-electron chi connectivity index (χ4n) is 0.250. The molecule has 0 spiro atoms. The molecule has 0 saturated carbocycles. The Hall–Kier alpha value is 0.690. The van der Waals surface area contributed by atoms with E-state index < -0.39 is 21.8 Å². The van der Waals surface area contributed by atoms with Crippen LogP contribution in [0.2, 0.25) is 0 Å². The number of carbonyl (C=O) groups is 1. The monoisotopic (exact) mass is 666 g/mol. The van der Waals surface area contributed by atoms with Gasteiger partial charge in [-0.1, -0.05) is 0 Å². The summed E-state index contributed by atoms with van der Waals surface area (Å²) in [6.45, 7) is 0. The van der Waals surface area contributed by atoms with E-state index in [2.05, 4.69) is 8.83 Å². The first-order valence-corrected chi connectivity index (χ1v) is 5.17. The Bertz CT molecular complexity index is 276.